The van der Waals surface area contributed by atoms with E-state index in [9.17, 15) is 9.59 Å². The summed E-state index contributed by atoms with van der Waals surface area (Å²) in [6, 6.07) is 25.4. The predicted molar refractivity (Wildman–Crippen MR) is 140 cm³/mol. The fourth-order valence-corrected chi connectivity index (χ4v) is 4.76. The van der Waals surface area contributed by atoms with Crippen molar-refractivity contribution in [1.29, 1.82) is 0 Å². The topological polar surface area (TPSA) is 58.6 Å². The molecule has 0 radical (unpaired) electrons. The summed E-state index contributed by atoms with van der Waals surface area (Å²) in [4.78, 5) is 27.3. The molecule has 3 aromatic rings. The lowest BCUT2D eigenvalue weighted by Gasteiger charge is -2.32. The van der Waals surface area contributed by atoms with Crippen molar-refractivity contribution in [3.63, 3.8) is 0 Å². The van der Waals surface area contributed by atoms with Gasteiger partial charge in [-0.05, 0) is 80.2 Å². The van der Waals surface area contributed by atoms with Gasteiger partial charge < -0.3 is 15.0 Å². The lowest BCUT2D eigenvalue weighted by Crippen LogP contribution is -2.33. The molecule has 0 bridgehead atoms. The summed E-state index contributed by atoms with van der Waals surface area (Å²) >= 11 is 0. The van der Waals surface area contributed by atoms with E-state index < -0.39 is 0 Å². The number of rotatable bonds is 10. The molecule has 5 heteroatoms. The van der Waals surface area contributed by atoms with Crippen LogP contribution in [0.4, 0.5) is 5.69 Å². The normalized spacial score (nSPS) is 14.4. The number of nitrogens with one attached hydrogen (secondary N) is 1. The third-order valence-corrected chi connectivity index (χ3v) is 6.70. The standard InChI is InChI=1S/C30H34N2O3/c1-35-28-13-5-8-23(20-28)21-30(34)31-27-12-6-11-26(22-27)24-15-18-32(19-16-24)17-7-14-29(33)25-9-3-2-4-10-25/h2-6,8-13,20,22,24H,7,14-19,21H2,1H3,(H,31,34). The van der Waals surface area contributed by atoms with E-state index in [4.69, 9.17) is 4.74 Å². The molecule has 1 saturated heterocycles. The molecule has 0 spiro atoms. The first-order valence-electron chi connectivity index (χ1n) is 12.4. The molecule has 0 aliphatic carbocycles. The van der Waals surface area contributed by atoms with Gasteiger partial charge in [0.2, 0.25) is 5.91 Å². The minimum Gasteiger partial charge on any atom is -0.497 e. The van der Waals surface area contributed by atoms with Crippen LogP contribution in [-0.4, -0.2) is 43.3 Å². The highest BCUT2D eigenvalue weighted by Crippen LogP contribution is 2.30. The first-order valence-corrected chi connectivity index (χ1v) is 12.4. The van der Waals surface area contributed by atoms with Crippen molar-refractivity contribution in [3.8, 4) is 5.75 Å². The van der Waals surface area contributed by atoms with Crippen LogP contribution in [0.5, 0.6) is 5.75 Å². The molecular formula is C30H34N2O3. The number of methoxy groups -OCH3 is 1. The molecule has 0 atom stereocenters. The molecule has 1 amide bonds. The molecule has 4 rings (SSSR count). The van der Waals surface area contributed by atoms with Gasteiger partial charge in [-0.2, -0.15) is 0 Å². The van der Waals surface area contributed by atoms with Gasteiger partial charge in [0.05, 0.1) is 13.5 Å². The predicted octanol–water partition coefficient (Wildman–Crippen LogP) is 5.72. The molecule has 0 aromatic heterocycles. The number of likely N-dealkylation sites (tertiary alicyclic amines) is 1. The van der Waals surface area contributed by atoms with E-state index in [0.29, 0.717) is 18.8 Å². The first kappa shape index (κ1) is 24.7. The average Bonchev–Trinajstić information content (AvgIpc) is 2.89. The van der Waals surface area contributed by atoms with Gasteiger partial charge in [-0.15, -0.1) is 0 Å². The van der Waals surface area contributed by atoms with Gasteiger partial charge in [0.25, 0.3) is 0 Å². The first-order chi connectivity index (χ1) is 17.1. The highest BCUT2D eigenvalue weighted by molar-refractivity contribution is 5.96. The van der Waals surface area contributed by atoms with Crippen LogP contribution in [0.25, 0.3) is 0 Å². The molecular weight excluding hydrogens is 436 g/mol. The lowest BCUT2D eigenvalue weighted by atomic mass is 9.89. The van der Waals surface area contributed by atoms with E-state index >= 15 is 0 Å². The van der Waals surface area contributed by atoms with Gasteiger partial charge in [-0.25, -0.2) is 0 Å². The molecule has 1 N–H and O–H groups in total. The summed E-state index contributed by atoms with van der Waals surface area (Å²) in [5.41, 5.74) is 3.86. The van der Waals surface area contributed by atoms with Crippen molar-refractivity contribution >= 4 is 17.4 Å². The van der Waals surface area contributed by atoms with Crippen LogP contribution in [0.15, 0.2) is 78.9 Å². The fourth-order valence-electron chi connectivity index (χ4n) is 4.76. The number of ether oxygens (including phenoxy) is 1. The van der Waals surface area contributed by atoms with Crippen LogP contribution in [0.3, 0.4) is 0 Å². The number of nitrogens with zero attached hydrogens (tertiary/aromatic N) is 1. The second-order valence-corrected chi connectivity index (χ2v) is 9.21. The Morgan fingerprint density at radius 2 is 1.71 bits per heavy atom. The minimum absolute atomic E-state index is 0.0322. The second-order valence-electron chi connectivity index (χ2n) is 9.21. The van der Waals surface area contributed by atoms with Crippen LogP contribution < -0.4 is 10.1 Å². The van der Waals surface area contributed by atoms with E-state index in [1.807, 2.05) is 66.7 Å². The maximum atomic E-state index is 12.6. The Labute approximate surface area is 208 Å². The van der Waals surface area contributed by atoms with Crippen LogP contribution in [0, 0.1) is 0 Å². The Morgan fingerprint density at radius 3 is 2.49 bits per heavy atom. The molecule has 1 heterocycles. The number of anilines is 1. The quantitative estimate of drug-likeness (QED) is 0.385. The SMILES string of the molecule is COc1cccc(CC(=O)Nc2cccc(C3CCN(CCCC(=O)c4ccccc4)CC3)c2)c1. The van der Waals surface area contributed by atoms with Crippen molar-refractivity contribution in [2.75, 3.05) is 32.1 Å². The number of carbonyl (C=O) groups is 2. The van der Waals surface area contributed by atoms with Gasteiger partial charge in [0, 0.05) is 17.7 Å². The van der Waals surface area contributed by atoms with Gasteiger partial charge in [0.1, 0.15) is 5.75 Å². The van der Waals surface area contributed by atoms with Gasteiger partial charge in [-0.1, -0.05) is 54.6 Å². The Balaban J connectivity index is 1.22. The maximum Gasteiger partial charge on any atom is 0.228 e. The number of amides is 1. The monoisotopic (exact) mass is 470 g/mol. The molecule has 5 nitrogen and oxygen atoms in total. The number of ketones is 1. The number of carbonyl (C=O) groups excluding carboxylic acids is 2. The van der Waals surface area contributed by atoms with Gasteiger partial charge in [-0.3, -0.25) is 9.59 Å². The summed E-state index contributed by atoms with van der Waals surface area (Å²) in [7, 11) is 1.63. The van der Waals surface area contributed by atoms with Crippen LogP contribution in [-0.2, 0) is 11.2 Å². The zero-order chi connectivity index (χ0) is 24.5. The van der Waals surface area contributed by atoms with Crippen molar-refractivity contribution in [2.45, 2.75) is 38.0 Å². The molecule has 3 aromatic carbocycles. The summed E-state index contributed by atoms with van der Waals surface area (Å²) in [5.74, 6) is 1.44. The minimum atomic E-state index is -0.0322. The number of hydrogen-bond acceptors (Lipinski definition) is 4. The van der Waals surface area contributed by atoms with Crippen molar-refractivity contribution < 1.29 is 14.3 Å². The fraction of sp³-hybridized carbons (Fsp3) is 0.333. The van der Waals surface area contributed by atoms with Crippen molar-refractivity contribution in [1.82, 2.24) is 4.90 Å². The zero-order valence-corrected chi connectivity index (χ0v) is 20.4. The maximum absolute atomic E-state index is 12.6. The van der Waals surface area contributed by atoms with E-state index in [2.05, 4.69) is 22.3 Å². The highest BCUT2D eigenvalue weighted by Gasteiger charge is 2.21. The summed E-state index contributed by atoms with van der Waals surface area (Å²) < 4.78 is 5.25. The number of benzene rings is 3. The largest absolute Gasteiger partial charge is 0.497 e. The molecule has 1 fully saturated rings. The molecule has 0 saturated carbocycles. The van der Waals surface area contributed by atoms with E-state index in [1.54, 1.807) is 7.11 Å². The molecule has 35 heavy (non-hydrogen) atoms. The molecule has 1 aliphatic rings. The summed E-state index contributed by atoms with van der Waals surface area (Å²) in [5, 5.41) is 3.05. The third-order valence-electron chi connectivity index (χ3n) is 6.70. The van der Waals surface area contributed by atoms with E-state index in [0.717, 1.165) is 61.5 Å². The van der Waals surface area contributed by atoms with Gasteiger partial charge >= 0.3 is 0 Å². The third kappa shape index (κ3) is 7.27. The Hall–Kier alpha value is -3.44. The Bertz CT molecular complexity index is 1120. The molecule has 0 unspecified atom stereocenters. The zero-order valence-electron chi connectivity index (χ0n) is 20.4. The summed E-state index contributed by atoms with van der Waals surface area (Å²) in [6.45, 7) is 3.04. The second kappa shape index (κ2) is 12.3. The van der Waals surface area contributed by atoms with E-state index in [1.165, 1.54) is 5.56 Å². The Kier molecular flexibility index (Phi) is 8.68. The van der Waals surface area contributed by atoms with Crippen molar-refractivity contribution in [3.05, 3.63) is 95.6 Å². The number of piperidine rings is 1. The van der Waals surface area contributed by atoms with Crippen molar-refractivity contribution in [2.24, 2.45) is 0 Å². The van der Waals surface area contributed by atoms with E-state index in [-0.39, 0.29) is 11.7 Å². The smallest absolute Gasteiger partial charge is 0.228 e. The van der Waals surface area contributed by atoms with Crippen LogP contribution >= 0.6 is 0 Å². The number of Topliss-reactive ketones (excluding diaryl/α,β-unsaturated/α-hetero) is 1. The summed E-state index contributed by atoms with van der Waals surface area (Å²) in [6.07, 6.45) is 3.99. The van der Waals surface area contributed by atoms with Crippen LogP contribution in [0.1, 0.15) is 53.1 Å². The van der Waals surface area contributed by atoms with Gasteiger partial charge in [0.15, 0.2) is 5.78 Å². The van der Waals surface area contributed by atoms with Crippen LogP contribution in [0.2, 0.25) is 0 Å². The average molecular weight is 471 g/mol. The molecule has 182 valence electrons. The molecule has 1 aliphatic heterocycles. The number of hydrogen-bond donors (Lipinski definition) is 1. The lowest BCUT2D eigenvalue weighted by molar-refractivity contribution is -0.115. The highest BCUT2D eigenvalue weighted by atomic mass is 16.5. The Morgan fingerprint density at radius 1 is 0.943 bits per heavy atom.